The second kappa shape index (κ2) is 6.05. The molecule has 7 heteroatoms. The summed E-state index contributed by atoms with van der Waals surface area (Å²) in [6, 6.07) is 0. The standard InChI is InChI=1S/C16H22N4O2S/c1-16(2,3)12-10-23-14(18-12)11-9-20(7-8-22-11)13-15(21)19(4)6-5-17-13/h5-6,10-11H,7-9H2,1-4H3/t11-/m0/s1. The Kier molecular flexibility index (Phi) is 4.25. The van der Waals surface area contributed by atoms with Crippen molar-refractivity contribution in [2.75, 3.05) is 24.6 Å². The highest BCUT2D eigenvalue weighted by molar-refractivity contribution is 7.09. The zero-order chi connectivity index (χ0) is 16.6. The van der Waals surface area contributed by atoms with Crippen molar-refractivity contribution in [3.63, 3.8) is 0 Å². The minimum Gasteiger partial charge on any atom is -0.367 e. The first-order valence-electron chi connectivity index (χ1n) is 7.70. The second-order valence-corrected chi connectivity index (χ2v) is 7.68. The van der Waals surface area contributed by atoms with Gasteiger partial charge in [-0.05, 0) is 0 Å². The van der Waals surface area contributed by atoms with Crippen LogP contribution in [0.1, 0.15) is 37.6 Å². The van der Waals surface area contributed by atoms with E-state index in [1.807, 2.05) is 4.90 Å². The molecule has 0 spiro atoms. The fraction of sp³-hybridized carbons (Fsp3) is 0.562. The smallest absolute Gasteiger partial charge is 0.293 e. The van der Waals surface area contributed by atoms with E-state index in [1.54, 1.807) is 35.3 Å². The fourth-order valence-corrected chi connectivity index (χ4v) is 3.56. The summed E-state index contributed by atoms with van der Waals surface area (Å²) in [6.07, 6.45) is 3.21. The van der Waals surface area contributed by atoms with Crippen molar-refractivity contribution in [1.29, 1.82) is 0 Å². The molecule has 3 heterocycles. The van der Waals surface area contributed by atoms with E-state index >= 15 is 0 Å². The van der Waals surface area contributed by atoms with Crippen LogP contribution in [0, 0.1) is 0 Å². The van der Waals surface area contributed by atoms with Gasteiger partial charge in [-0.2, -0.15) is 0 Å². The number of ether oxygens (including phenoxy) is 1. The van der Waals surface area contributed by atoms with Gasteiger partial charge in [0.15, 0.2) is 5.82 Å². The van der Waals surface area contributed by atoms with Gasteiger partial charge in [0.05, 0.1) is 18.8 Å². The maximum absolute atomic E-state index is 12.3. The third-order valence-electron chi connectivity index (χ3n) is 3.93. The summed E-state index contributed by atoms with van der Waals surface area (Å²) < 4.78 is 7.43. The zero-order valence-electron chi connectivity index (χ0n) is 13.9. The molecule has 1 fully saturated rings. The maximum atomic E-state index is 12.3. The molecule has 6 nitrogen and oxygen atoms in total. The molecule has 0 radical (unpaired) electrons. The minimum absolute atomic E-state index is 0.0278. The largest absolute Gasteiger partial charge is 0.367 e. The first-order valence-corrected chi connectivity index (χ1v) is 8.58. The van der Waals surface area contributed by atoms with E-state index in [9.17, 15) is 4.79 Å². The lowest BCUT2D eigenvalue weighted by molar-refractivity contribution is 0.0391. The van der Waals surface area contributed by atoms with Crippen molar-refractivity contribution in [2.45, 2.75) is 32.3 Å². The Morgan fingerprint density at radius 3 is 2.87 bits per heavy atom. The van der Waals surface area contributed by atoms with Gasteiger partial charge in [0.2, 0.25) is 0 Å². The molecule has 124 valence electrons. The van der Waals surface area contributed by atoms with Gasteiger partial charge in [-0.3, -0.25) is 4.79 Å². The fourth-order valence-electron chi connectivity index (χ4n) is 2.47. The summed E-state index contributed by atoms with van der Waals surface area (Å²) in [7, 11) is 1.74. The van der Waals surface area contributed by atoms with E-state index in [0.29, 0.717) is 25.5 Å². The third-order valence-corrected chi connectivity index (χ3v) is 4.87. The van der Waals surface area contributed by atoms with Gasteiger partial charge >= 0.3 is 0 Å². The molecule has 2 aromatic rings. The lowest BCUT2D eigenvalue weighted by atomic mass is 9.93. The molecule has 0 bridgehead atoms. The first-order chi connectivity index (χ1) is 10.9. The van der Waals surface area contributed by atoms with Crippen LogP contribution in [0.15, 0.2) is 22.6 Å². The average Bonchev–Trinajstić information content (AvgIpc) is 3.00. The van der Waals surface area contributed by atoms with Crippen molar-refractivity contribution in [3.05, 3.63) is 38.8 Å². The molecule has 23 heavy (non-hydrogen) atoms. The lowest BCUT2D eigenvalue weighted by Crippen LogP contribution is -2.42. The normalized spacial score (nSPS) is 19.1. The first kappa shape index (κ1) is 16.1. The van der Waals surface area contributed by atoms with Crippen LogP contribution in [-0.4, -0.2) is 34.2 Å². The second-order valence-electron chi connectivity index (χ2n) is 6.79. The van der Waals surface area contributed by atoms with E-state index in [2.05, 4.69) is 31.1 Å². The molecule has 2 aromatic heterocycles. The molecular weight excluding hydrogens is 312 g/mol. The Labute approximate surface area is 139 Å². The monoisotopic (exact) mass is 334 g/mol. The molecule has 3 rings (SSSR count). The molecule has 0 aromatic carbocycles. The molecule has 0 unspecified atom stereocenters. The van der Waals surface area contributed by atoms with Crippen LogP contribution in [0.2, 0.25) is 0 Å². The third kappa shape index (κ3) is 3.30. The van der Waals surface area contributed by atoms with Crippen LogP contribution in [0.25, 0.3) is 0 Å². The molecule has 0 saturated carbocycles. The number of thiazole rings is 1. The average molecular weight is 334 g/mol. The van der Waals surface area contributed by atoms with Gasteiger partial charge in [0, 0.05) is 36.8 Å². The van der Waals surface area contributed by atoms with Crippen molar-refractivity contribution >= 4 is 17.2 Å². The van der Waals surface area contributed by atoms with Crippen LogP contribution in [0.3, 0.4) is 0 Å². The minimum atomic E-state index is -0.114. The molecular formula is C16H22N4O2S. The summed E-state index contributed by atoms with van der Waals surface area (Å²) in [5, 5.41) is 3.06. The van der Waals surface area contributed by atoms with Crippen LogP contribution < -0.4 is 10.5 Å². The Morgan fingerprint density at radius 2 is 2.17 bits per heavy atom. The van der Waals surface area contributed by atoms with Gasteiger partial charge in [0.25, 0.3) is 5.56 Å². The number of nitrogens with zero attached hydrogens (tertiary/aromatic N) is 4. The Bertz CT molecular complexity index is 747. The van der Waals surface area contributed by atoms with E-state index in [0.717, 1.165) is 10.7 Å². The molecule has 0 N–H and O–H groups in total. The van der Waals surface area contributed by atoms with E-state index in [-0.39, 0.29) is 17.1 Å². The van der Waals surface area contributed by atoms with Crippen molar-refractivity contribution in [1.82, 2.24) is 14.5 Å². The highest BCUT2D eigenvalue weighted by atomic mass is 32.1. The van der Waals surface area contributed by atoms with Gasteiger partial charge in [-0.1, -0.05) is 20.8 Å². The molecule has 1 aliphatic heterocycles. The predicted molar refractivity (Wildman–Crippen MR) is 91.2 cm³/mol. The van der Waals surface area contributed by atoms with Crippen LogP contribution in [0.4, 0.5) is 5.82 Å². The molecule has 0 aliphatic carbocycles. The number of aryl methyl sites for hydroxylation is 1. The zero-order valence-corrected chi connectivity index (χ0v) is 14.8. The SMILES string of the molecule is Cn1ccnc(N2CCO[C@H](c3nc(C(C)(C)C)cs3)C2)c1=O. The van der Waals surface area contributed by atoms with E-state index in [4.69, 9.17) is 9.72 Å². The van der Waals surface area contributed by atoms with E-state index < -0.39 is 0 Å². The molecule has 1 saturated heterocycles. The molecule has 1 atom stereocenters. The summed E-state index contributed by atoms with van der Waals surface area (Å²) in [5.74, 6) is 0.482. The van der Waals surface area contributed by atoms with Gasteiger partial charge in [-0.15, -0.1) is 11.3 Å². The molecule has 1 aliphatic rings. The number of morpholine rings is 1. The van der Waals surface area contributed by atoms with Gasteiger partial charge in [-0.25, -0.2) is 9.97 Å². The summed E-state index contributed by atoms with van der Waals surface area (Å²) in [5.41, 5.74) is 1.02. The summed E-state index contributed by atoms with van der Waals surface area (Å²) in [6.45, 7) is 8.28. The van der Waals surface area contributed by atoms with Crippen LogP contribution in [-0.2, 0) is 17.2 Å². The number of anilines is 1. The highest BCUT2D eigenvalue weighted by Crippen LogP contribution is 2.30. The Hall–Kier alpha value is -1.73. The van der Waals surface area contributed by atoms with Gasteiger partial charge < -0.3 is 14.2 Å². The molecule has 0 amide bonds. The van der Waals surface area contributed by atoms with Crippen LogP contribution >= 0.6 is 11.3 Å². The van der Waals surface area contributed by atoms with Crippen molar-refractivity contribution in [2.24, 2.45) is 7.05 Å². The summed E-state index contributed by atoms with van der Waals surface area (Å²) >= 11 is 1.62. The van der Waals surface area contributed by atoms with Crippen molar-refractivity contribution < 1.29 is 4.74 Å². The Morgan fingerprint density at radius 1 is 1.39 bits per heavy atom. The number of hydrogen-bond acceptors (Lipinski definition) is 6. The van der Waals surface area contributed by atoms with Gasteiger partial charge in [0.1, 0.15) is 11.1 Å². The van der Waals surface area contributed by atoms with Crippen molar-refractivity contribution in [3.8, 4) is 0 Å². The summed E-state index contributed by atoms with van der Waals surface area (Å²) in [4.78, 5) is 23.2. The van der Waals surface area contributed by atoms with E-state index in [1.165, 1.54) is 0 Å². The number of rotatable bonds is 2. The lowest BCUT2D eigenvalue weighted by Gasteiger charge is -2.32. The highest BCUT2D eigenvalue weighted by Gasteiger charge is 2.28. The number of hydrogen-bond donors (Lipinski definition) is 0. The maximum Gasteiger partial charge on any atom is 0.293 e. The van der Waals surface area contributed by atoms with Crippen LogP contribution in [0.5, 0.6) is 0 Å². The number of aromatic nitrogens is 3. The predicted octanol–water partition coefficient (Wildman–Crippen LogP) is 2.11. The Balaban J connectivity index is 1.82. The topological polar surface area (TPSA) is 60.3 Å². The quantitative estimate of drug-likeness (QED) is 0.842.